The summed E-state index contributed by atoms with van der Waals surface area (Å²) in [6.45, 7) is 0. The summed E-state index contributed by atoms with van der Waals surface area (Å²) in [7, 11) is 1.53. The number of methoxy groups -OCH3 is 1. The molecule has 0 radical (unpaired) electrons. The lowest BCUT2D eigenvalue weighted by molar-refractivity contribution is -0.113. The highest BCUT2D eigenvalue weighted by Gasteiger charge is 2.17. The SMILES string of the molecule is COc1ccc(C2=CC(=O)C=CC2=O)c(Cl)c1. The topological polar surface area (TPSA) is 43.4 Å². The molecule has 1 aliphatic rings. The predicted molar refractivity (Wildman–Crippen MR) is 65.1 cm³/mol. The van der Waals surface area contributed by atoms with Crippen LogP contribution in [-0.4, -0.2) is 18.7 Å². The maximum Gasteiger partial charge on any atom is 0.186 e. The van der Waals surface area contributed by atoms with Crippen LogP contribution in [0.4, 0.5) is 0 Å². The zero-order valence-corrected chi connectivity index (χ0v) is 9.82. The molecule has 1 aromatic rings. The number of carbonyl (C=O) groups is 2. The van der Waals surface area contributed by atoms with E-state index in [2.05, 4.69) is 0 Å². The summed E-state index contributed by atoms with van der Waals surface area (Å²) in [6.07, 6.45) is 3.78. The minimum Gasteiger partial charge on any atom is -0.497 e. The molecule has 0 saturated heterocycles. The second-order valence-corrected chi connectivity index (χ2v) is 3.91. The molecule has 0 fully saturated rings. The molecule has 4 heteroatoms. The highest BCUT2D eigenvalue weighted by molar-refractivity contribution is 6.39. The molecule has 0 unspecified atom stereocenters. The van der Waals surface area contributed by atoms with Gasteiger partial charge in [0.15, 0.2) is 11.6 Å². The minimum atomic E-state index is -0.225. The normalized spacial score (nSPS) is 14.8. The first-order valence-electron chi connectivity index (χ1n) is 4.94. The molecule has 0 saturated carbocycles. The zero-order valence-electron chi connectivity index (χ0n) is 9.07. The number of carbonyl (C=O) groups excluding carboxylic acids is 2. The van der Waals surface area contributed by atoms with Crippen molar-refractivity contribution in [2.75, 3.05) is 7.11 Å². The van der Waals surface area contributed by atoms with Crippen molar-refractivity contribution in [3.05, 3.63) is 47.0 Å². The van der Waals surface area contributed by atoms with Gasteiger partial charge >= 0.3 is 0 Å². The fourth-order valence-electron chi connectivity index (χ4n) is 1.56. The van der Waals surface area contributed by atoms with Crippen LogP contribution in [0.15, 0.2) is 36.4 Å². The lowest BCUT2D eigenvalue weighted by Gasteiger charge is -2.10. The molecule has 0 heterocycles. The lowest BCUT2D eigenvalue weighted by atomic mass is 9.96. The van der Waals surface area contributed by atoms with Gasteiger partial charge in [0, 0.05) is 11.1 Å². The van der Waals surface area contributed by atoms with Crippen molar-refractivity contribution in [3.63, 3.8) is 0 Å². The third-order valence-electron chi connectivity index (χ3n) is 2.42. The maximum absolute atomic E-state index is 11.6. The van der Waals surface area contributed by atoms with E-state index in [0.29, 0.717) is 21.9 Å². The number of rotatable bonds is 2. The fraction of sp³-hybridized carbons (Fsp3) is 0.0769. The van der Waals surface area contributed by atoms with E-state index in [1.165, 1.54) is 25.3 Å². The molecule has 3 nitrogen and oxygen atoms in total. The first kappa shape index (κ1) is 11.6. The van der Waals surface area contributed by atoms with Crippen molar-refractivity contribution in [3.8, 4) is 5.75 Å². The van der Waals surface area contributed by atoms with Crippen molar-refractivity contribution in [1.82, 2.24) is 0 Å². The van der Waals surface area contributed by atoms with Crippen LogP contribution in [0.5, 0.6) is 5.75 Å². The number of allylic oxidation sites excluding steroid dienone is 4. The van der Waals surface area contributed by atoms with E-state index in [1.54, 1.807) is 18.2 Å². The second kappa shape index (κ2) is 4.55. The van der Waals surface area contributed by atoms with Crippen LogP contribution in [0.1, 0.15) is 5.56 Å². The molecule has 0 aromatic heterocycles. The van der Waals surface area contributed by atoms with Crippen molar-refractivity contribution in [1.29, 1.82) is 0 Å². The summed E-state index contributed by atoms with van der Waals surface area (Å²) in [5, 5.41) is 0.382. The van der Waals surface area contributed by atoms with E-state index in [9.17, 15) is 9.59 Å². The minimum absolute atomic E-state index is 0.216. The van der Waals surface area contributed by atoms with E-state index in [-0.39, 0.29) is 11.6 Å². The van der Waals surface area contributed by atoms with Crippen LogP contribution in [0.2, 0.25) is 5.02 Å². The van der Waals surface area contributed by atoms with Gasteiger partial charge < -0.3 is 4.74 Å². The van der Waals surface area contributed by atoms with Crippen LogP contribution in [-0.2, 0) is 9.59 Å². The van der Waals surface area contributed by atoms with Gasteiger partial charge in [0.2, 0.25) is 0 Å². The van der Waals surface area contributed by atoms with E-state index >= 15 is 0 Å². The van der Waals surface area contributed by atoms with Crippen molar-refractivity contribution >= 4 is 28.7 Å². The number of hydrogen-bond acceptors (Lipinski definition) is 3. The highest BCUT2D eigenvalue weighted by Crippen LogP contribution is 2.29. The molecule has 0 atom stereocenters. The first-order chi connectivity index (χ1) is 8.11. The zero-order chi connectivity index (χ0) is 12.4. The Labute approximate surface area is 103 Å². The standard InChI is InChI=1S/C13H9ClO3/c1-17-9-3-4-10(12(14)7-9)11-6-8(15)2-5-13(11)16/h2-7H,1H3. The van der Waals surface area contributed by atoms with Crippen molar-refractivity contribution in [2.45, 2.75) is 0 Å². The van der Waals surface area contributed by atoms with E-state index in [1.807, 2.05) is 0 Å². The summed E-state index contributed by atoms with van der Waals surface area (Å²) in [5.41, 5.74) is 0.848. The van der Waals surface area contributed by atoms with Crippen LogP contribution in [0.25, 0.3) is 5.57 Å². The summed E-state index contributed by atoms with van der Waals surface area (Å²) < 4.78 is 5.02. The van der Waals surface area contributed by atoms with Gasteiger partial charge in [-0.05, 0) is 36.4 Å². The number of hydrogen-bond donors (Lipinski definition) is 0. The van der Waals surface area contributed by atoms with Crippen LogP contribution in [0, 0.1) is 0 Å². The van der Waals surface area contributed by atoms with Gasteiger partial charge in [-0.2, -0.15) is 0 Å². The number of benzene rings is 1. The van der Waals surface area contributed by atoms with Crippen LogP contribution < -0.4 is 4.74 Å². The monoisotopic (exact) mass is 248 g/mol. The molecule has 1 aliphatic carbocycles. The molecular formula is C13H9ClO3. The van der Waals surface area contributed by atoms with Gasteiger partial charge in [-0.3, -0.25) is 9.59 Å². The van der Waals surface area contributed by atoms with E-state index in [4.69, 9.17) is 16.3 Å². The quantitative estimate of drug-likeness (QED) is 0.755. The Balaban J connectivity index is 2.47. The largest absolute Gasteiger partial charge is 0.497 e. The predicted octanol–water partition coefficient (Wildman–Crippen LogP) is 2.44. The van der Waals surface area contributed by atoms with Gasteiger partial charge in [0.25, 0.3) is 0 Å². The lowest BCUT2D eigenvalue weighted by Crippen LogP contribution is -2.07. The van der Waals surface area contributed by atoms with E-state index in [0.717, 1.165) is 0 Å². The Kier molecular flexibility index (Phi) is 3.11. The summed E-state index contributed by atoms with van der Waals surface area (Å²) >= 11 is 6.05. The maximum atomic E-state index is 11.6. The summed E-state index contributed by atoms with van der Waals surface area (Å²) in [6, 6.07) is 4.96. The van der Waals surface area contributed by atoms with Gasteiger partial charge in [0.1, 0.15) is 5.75 Å². The molecule has 0 spiro atoms. The van der Waals surface area contributed by atoms with Gasteiger partial charge in [-0.1, -0.05) is 11.6 Å². The number of ketones is 2. The molecule has 0 aliphatic heterocycles. The summed E-state index contributed by atoms with van der Waals surface area (Å²) in [5.74, 6) is 0.160. The first-order valence-corrected chi connectivity index (χ1v) is 5.31. The van der Waals surface area contributed by atoms with Gasteiger partial charge in [-0.15, -0.1) is 0 Å². The molecule has 17 heavy (non-hydrogen) atoms. The average Bonchev–Trinajstić information content (AvgIpc) is 2.32. The summed E-state index contributed by atoms with van der Waals surface area (Å²) in [4.78, 5) is 22.9. The Morgan fingerprint density at radius 1 is 1.18 bits per heavy atom. The third-order valence-corrected chi connectivity index (χ3v) is 2.73. The Hall–Kier alpha value is -1.87. The Morgan fingerprint density at radius 2 is 1.94 bits per heavy atom. The third kappa shape index (κ3) is 2.29. The van der Waals surface area contributed by atoms with Gasteiger partial charge in [0.05, 0.1) is 12.1 Å². The number of halogens is 1. The Bertz CT molecular complexity index is 556. The average molecular weight is 249 g/mol. The van der Waals surface area contributed by atoms with Crippen molar-refractivity contribution < 1.29 is 14.3 Å². The molecule has 0 amide bonds. The molecular weight excluding hydrogens is 240 g/mol. The molecule has 86 valence electrons. The fourth-order valence-corrected chi connectivity index (χ4v) is 1.83. The smallest absolute Gasteiger partial charge is 0.186 e. The molecule has 1 aromatic carbocycles. The van der Waals surface area contributed by atoms with Crippen LogP contribution >= 0.6 is 11.6 Å². The van der Waals surface area contributed by atoms with Gasteiger partial charge in [-0.25, -0.2) is 0 Å². The van der Waals surface area contributed by atoms with Crippen LogP contribution in [0.3, 0.4) is 0 Å². The molecule has 2 rings (SSSR count). The highest BCUT2D eigenvalue weighted by atomic mass is 35.5. The number of ether oxygens (including phenoxy) is 1. The van der Waals surface area contributed by atoms with Crippen molar-refractivity contribution in [2.24, 2.45) is 0 Å². The second-order valence-electron chi connectivity index (χ2n) is 3.50. The molecule has 0 N–H and O–H groups in total. The van der Waals surface area contributed by atoms with E-state index < -0.39 is 0 Å². The molecule has 0 bridgehead atoms. The Morgan fingerprint density at radius 3 is 2.59 bits per heavy atom.